The van der Waals surface area contributed by atoms with E-state index in [1.807, 2.05) is 24.4 Å². The molecule has 0 saturated carbocycles. The summed E-state index contributed by atoms with van der Waals surface area (Å²) in [4.78, 5) is 15.3. The van der Waals surface area contributed by atoms with Crippen LogP contribution in [0.25, 0.3) is 0 Å². The molecule has 2 aromatic rings. The second kappa shape index (κ2) is 6.45. The lowest BCUT2D eigenvalue weighted by Gasteiger charge is -2.35. The maximum atomic E-state index is 14.8. The van der Waals surface area contributed by atoms with Crippen LogP contribution in [0.2, 0.25) is 0 Å². The van der Waals surface area contributed by atoms with E-state index in [0.717, 1.165) is 37.2 Å². The van der Waals surface area contributed by atoms with Crippen LogP contribution < -0.4 is 20.3 Å². The summed E-state index contributed by atoms with van der Waals surface area (Å²) in [6, 6.07) is 6.54. The Kier molecular flexibility index (Phi) is 3.93. The van der Waals surface area contributed by atoms with E-state index in [9.17, 15) is 4.39 Å². The number of aliphatic imine (C=N–C) groups is 1. The SMILES string of the molecule is COc1nc(N2C3CCC2CNC3)nc(Nc2ccc3c(c2)C=NC3)c1F. The summed E-state index contributed by atoms with van der Waals surface area (Å²) in [6.45, 7) is 2.49. The fourth-order valence-corrected chi connectivity index (χ4v) is 4.17. The Morgan fingerprint density at radius 2 is 2.04 bits per heavy atom. The smallest absolute Gasteiger partial charge is 0.257 e. The molecule has 0 aliphatic carbocycles. The largest absolute Gasteiger partial charge is 0.479 e. The molecule has 2 atom stereocenters. The molecular formula is C19H21FN6O. The highest BCUT2D eigenvalue weighted by atomic mass is 19.1. The molecule has 1 aromatic heterocycles. The van der Waals surface area contributed by atoms with Crippen molar-refractivity contribution in [2.75, 3.05) is 30.4 Å². The topological polar surface area (TPSA) is 74.7 Å². The molecule has 8 heteroatoms. The van der Waals surface area contributed by atoms with Gasteiger partial charge in [0, 0.05) is 37.1 Å². The van der Waals surface area contributed by atoms with Crippen LogP contribution in [0.3, 0.4) is 0 Å². The maximum absolute atomic E-state index is 14.8. The van der Waals surface area contributed by atoms with Crippen LogP contribution in [-0.2, 0) is 6.54 Å². The summed E-state index contributed by atoms with van der Waals surface area (Å²) in [6.07, 6.45) is 4.02. The van der Waals surface area contributed by atoms with E-state index < -0.39 is 5.82 Å². The van der Waals surface area contributed by atoms with E-state index in [0.29, 0.717) is 24.6 Å². The molecule has 2 fully saturated rings. The Morgan fingerprint density at radius 1 is 1.22 bits per heavy atom. The van der Waals surface area contributed by atoms with Gasteiger partial charge in [0.05, 0.1) is 13.7 Å². The van der Waals surface area contributed by atoms with Crippen LogP contribution in [0.4, 0.5) is 21.8 Å². The number of aromatic nitrogens is 2. The van der Waals surface area contributed by atoms with E-state index in [4.69, 9.17) is 4.74 Å². The van der Waals surface area contributed by atoms with Gasteiger partial charge in [-0.25, -0.2) is 0 Å². The zero-order valence-corrected chi connectivity index (χ0v) is 15.1. The number of ether oxygens (including phenoxy) is 1. The lowest BCUT2D eigenvalue weighted by molar-refractivity contribution is 0.366. The van der Waals surface area contributed by atoms with Crippen molar-refractivity contribution in [3.8, 4) is 5.88 Å². The number of nitrogens with zero attached hydrogens (tertiary/aromatic N) is 4. The number of hydrogen-bond donors (Lipinski definition) is 2. The number of piperazine rings is 1. The summed E-state index contributed by atoms with van der Waals surface area (Å²) in [5.41, 5.74) is 2.97. The molecule has 2 saturated heterocycles. The molecule has 1 aromatic carbocycles. The molecular weight excluding hydrogens is 347 g/mol. The van der Waals surface area contributed by atoms with Gasteiger partial charge in [-0.15, -0.1) is 0 Å². The zero-order chi connectivity index (χ0) is 18.4. The van der Waals surface area contributed by atoms with Crippen molar-refractivity contribution in [2.24, 2.45) is 4.99 Å². The minimum absolute atomic E-state index is 0.0387. The van der Waals surface area contributed by atoms with Gasteiger partial charge in [0.15, 0.2) is 5.82 Å². The first-order valence-electron chi connectivity index (χ1n) is 9.23. The fraction of sp³-hybridized carbons (Fsp3) is 0.421. The van der Waals surface area contributed by atoms with Gasteiger partial charge in [-0.3, -0.25) is 4.99 Å². The predicted octanol–water partition coefficient (Wildman–Crippen LogP) is 2.24. The van der Waals surface area contributed by atoms with Crippen molar-refractivity contribution < 1.29 is 9.13 Å². The Labute approximate surface area is 156 Å². The molecule has 5 rings (SSSR count). The molecule has 2 bridgehead atoms. The minimum atomic E-state index is -0.585. The standard InChI is InChI=1S/C19H21FN6O/c1-27-18-16(20)17(23-13-3-2-11-7-21-8-12(11)6-13)24-19(25-18)26-14-4-5-15(26)10-22-9-14/h2-3,6,8,14-15,22H,4-5,7,9-10H2,1H3,(H,23,24,25). The average molecular weight is 368 g/mol. The molecule has 2 N–H and O–H groups in total. The minimum Gasteiger partial charge on any atom is -0.479 e. The third-order valence-corrected chi connectivity index (χ3v) is 5.51. The van der Waals surface area contributed by atoms with Gasteiger partial charge in [-0.2, -0.15) is 14.4 Å². The van der Waals surface area contributed by atoms with Crippen LogP contribution in [0.5, 0.6) is 5.88 Å². The Bertz CT molecular complexity index is 901. The van der Waals surface area contributed by atoms with E-state index in [1.165, 1.54) is 12.7 Å². The van der Waals surface area contributed by atoms with Crippen molar-refractivity contribution >= 4 is 23.7 Å². The number of hydrogen-bond acceptors (Lipinski definition) is 7. The van der Waals surface area contributed by atoms with E-state index in [2.05, 4.69) is 30.5 Å². The fourth-order valence-electron chi connectivity index (χ4n) is 4.17. The summed E-state index contributed by atoms with van der Waals surface area (Å²) in [7, 11) is 1.43. The highest BCUT2D eigenvalue weighted by Crippen LogP contribution is 2.34. The lowest BCUT2D eigenvalue weighted by atomic mass is 10.1. The quantitative estimate of drug-likeness (QED) is 0.862. The molecule has 27 heavy (non-hydrogen) atoms. The summed E-state index contributed by atoms with van der Waals surface area (Å²) >= 11 is 0. The summed E-state index contributed by atoms with van der Waals surface area (Å²) < 4.78 is 20.0. The third kappa shape index (κ3) is 2.80. The van der Waals surface area contributed by atoms with Crippen LogP contribution in [0.1, 0.15) is 24.0 Å². The number of nitrogens with one attached hydrogen (secondary N) is 2. The number of methoxy groups -OCH3 is 1. The summed E-state index contributed by atoms with van der Waals surface area (Å²) in [5.74, 6) is 0.0261. The van der Waals surface area contributed by atoms with Gasteiger partial charge in [0.2, 0.25) is 11.8 Å². The molecule has 0 spiro atoms. The zero-order valence-electron chi connectivity index (χ0n) is 15.1. The van der Waals surface area contributed by atoms with E-state index in [1.54, 1.807) is 0 Å². The molecule has 4 heterocycles. The van der Waals surface area contributed by atoms with E-state index >= 15 is 0 Å². The first-order chi connectivity index (χ1) is 13.2. The monoisotopic (exact) mass is 368 g/mol. The summed E-state index contributed by atoms with van der Waals surface area (Å²) in [5, 5.41) is 6.53. The van der Waals surface area contributed by atoms with Gasteiger partial charge in [0.25, 0.3) is 5.88 Å². The third-order valence-electron chi connectivity index (χ3n) is 5.51. The number of rotatable bonds is 4. The van der Waals surface area contributed by atoms with Crippen molar-refractivity contribution in [1.82, 2.24) is 15.3 Å². The second-order valence-electron chi connectivity index (χ2n) is 7.15. The van der Waals surface area contributed by atoms with Crippen molar-refractivity contribution in [3.63, 3.8) is 0 Å². The number of benzene rings is 1. The van der Waals surface area contributed by atoms with Gasteiger partial charge < -0.3 is 20.3 Å². The van der Waals surface area contributed by atoms with Gasteiger partial charge in [-0.05, 0) is 36.1 Å². The normalized spacial score (nSPS) is 22.8. The van der Waals surface area contributed by atoms with E-state index in [-0.39, 0.29) is 11.7 Å². The number of fused-ring (bicyclic) bond motifs is 3. The highest BCUT2D eigenvalue weighted by Gasteiger charge is 2.38. The molecule has 3 aliphatic rings. The Balaban J connectivity index is 1.51. The van der Waals surface area contributed by atoms with Crippen molar-refractivity contribution in [1.29, 1.82) is 0 Å². The number of halogens is 1. The average Bonchev–Trinajstić information content (AvgIpc) is 3.24. The van der Waals surface area contributed by atoms with Crippen LogP contribution in [0.15, 0.2) is 23.2 Å². The molecule has 3 aliphatic heterocycles. The predicted molar refractivity (Wildman–Crippen MR) is 102 cm³/mol. The van der Waals surface area contributed by atoms with Crippen LogP contribution in [-0.4, -0.2) is 48.5 Å². The molecule has 2 unspecified atom stereocenters. The lowest BCUT2D eigenvalue weighted by Crippen LogP contribution is -2.52. The number of anilines is 3. The maximum Gasteiger partial charge on any atom is 0.257 e. The highest BCUT2D eigenvalue weighted by molar-refractivity contribution is 5.86. The van der Waals surface area contributed by atoms with Crippen molar-refractivity contribution in [3.05, 3.63) is 35.1 Å². The Morgan fingerprint density at radius 3 is 2.81 bits per heavy atom. The first-order valence-corrected chi connectivity index (χ1v) is 9.23. The molecule has 7 nitrogen and oxygen atoms in total. The second-order valence-corrected chi connectivity index (χ2v) is 7.15. The molecule has 0 amide bonds. The van der Waals surface area contributed by atoms with Gasteiger partial charge in [-0.1, -0.05) is 6.07 Å². The van der Waals surface area contributed by atoms with Gasteiger partial charge >= 0.3 is 0 Å². The molecule has 0 radical (unpaired) electrons. The molecule has 140 valence electrons. The first kappa shape index (κ1) is 16.4. The Hall–Kier alpha value is -2.74. The van der Waals surface area contributed by atoms with Crippen LogP contribution >= 0.6 is 0 Å². The van der Waals surface area contributed by atoms with Crippen molar-refractivity contribution in [2.45, 2.75) is 31.5 Å². The van der Waals surface area contributed by atoms with Gasteiger partial charge in [0.1, 0.15) is 0 Å². The van der Waals surface area contributed by atoms with Crippen LogP contribution in [0, 0.1) is 5.82 Å².